The first-order valence-corrected chi connectivity index (χ1v) is 4.44. The van der Waals surface area contributed by atoms with Gasteiger partial charge in [-0.1, -0.05) is 0 Å². The minimum absolute atomic E-state index is 0.169. The minimum Gasteiger partial charge on any atom is -0.396 e. The SMILES string of the molecule is Cc1cc(N)c(F)c2c1CCC2N. The molecule has 2 rings (SSSR count). The monoisotopic (exact) mass is 180 g/mol. The van der Waals surface area contributed by atoms with Crippen LogP contribution in [-0.2, 0) is 6.42 Å². The Labute approximate surface area is 76.7 Å². The van der Waals surface area contributed by atoms with E-state index in [4.69, 9.17) is 11.5 Å². The molecule has 0 aliphatic heterocycles. The predicted octanol–water partition coefficient (Wildman–Crippen LogP) is 1.66. The molecule has 1 aromatic carbocycles. The number of hydrogen-bond acceptors (Lipinski definition) is 2. The highest BCUT2D eigenvalue weighted by molar-refractivity contribution is 5.53. The molecule has 0 heterocycles. The average molecular weight is 180 g/mol. The summed E-state index contributed by atoms with van der Waals surface area (Å²) in [7, 11) is 0. The second-order valence-electron chi connectivity index (χ2n) is 3.63. The molecule has 2 nitrogen and oxygen atoms in total. The summed E-state index contributed by atoms with van der Waals surface area (Å²) >= 11 is 0. The maximum atomic E-state index is 13.5. The van der Waals surface area contributed by atoms with Gasteiger partial charge in [0.25, 0.3) is 0 Å². The molecule has 1 unspecified atom stereocenters. The zero-order valence-electron chi connectivity index (χ0n) is 7.60. The first-order valence-electron chi connectivity index (χ1n) is 4.44. The van der Waals surface area contributed by atoms with Crippen molar-refractivity contribution in [2.45, 2.75) is 25.8 Å². The molecule has 1 aliphatic carbocycles. The summed E-state index contributed by atoms with van der Waals surface area (Å²) < 4.78 is 13.5. The normalized spacial score (nSPS) is 20.4. The summed E-state index contributed by atoms with van der Waals surface area (Å²) in [5.41, 5.74) is 14.3. The number of fused-ring (bicyclic) bond motifs is 1. The van der Waals surface area contributed by atoms with Crippen LogP contribution in [0.2, 0.25) is 0 Å². The Hall–Kier alpha value is -1.09. The molecule has 13 heavy (non-hydrogen) atoms. The molecule has 70 valence electrons. The molecule has 3 heteroatoms. The van der Waals surface area contributed by atoms with Gasteiger partial charge < -0.3 is 11.5 Å². The van der Waals surface area contributed by atoms with Crippen molar-refractivity contribution >= 4 is 5.69 Å². The van der Waals surface area contributed by atoms with Crippen LogP contribution in [-0.4, -0.2) is 0 Å². The summed E-state index contributed by atoms with van der Waals surface area (Å²) in [4.78, 5) is 0. The van der Waals surface area contributed by atoms with Crippen molar-refractivity contribution < 1.29 is 4.39 Å². The highest BCUT2D eigenvalue weighted by Crippen LogP contribution is 2.35. The van der Waals surface area contributed by atoms with Crippen LogP contribution in [0.1, 0.15) is 29.2 Å². The molecule has 0 bridgehead atoms. The van der Waals surface area contributed by atoms with Crippen molar-refractivity contribution in [1.82, 2.24) is 0 Å². The highest BCUT2D eigenvalue weighted by atomic mass is 19.1. The third kappa shape index (κ3) is 1.11. The number of rotatable bonds is 0. The van der Waals surface area contributed by atoms with Gasteiger partial charge in [-0.15, -0.1) is 0 Å². The van der Waals surface area contributed by atoms with Crippen LogP contribution in [0.5, 0.6) is 0 Å². The number of halogens is 1. The third-order valence-corrected chi connectivity index (χ3v) is 2.74. The van der Waals surface area contributed by atoms with E-state index in [0.29, 0.717) is 5.56 Å². The zero-order chi connectivity index (χ0) is 9.59. The van der Waals surface area contributed by atoms with Crippen molar-refractivity contribution in [1.29, 1.82) is 0 Å². The first-order chi connectivity index (χ1) is 6.11. The minimum atomic E-state index is -0.314. The Morgan fingerprint density at radius 1 is 1.54 bits per heavy atom. The molecule has 0 radical (unpaired) electrons. The molecule has 4 N–H and O–H groups in total. The average Bonchev–Trinajstić information content (AvgIpc) is 2.44. The first kappa shape index (κ1) is 8.51. The number of hydrogen-bond donors (Lipinski definition) is 2. The molecule has 1 aliphatic rings. The second-order valence-corrected chi connectivity index (χ2v) is 3.63. The van der Waals surface area contributed by atoms with Gasteiger partial charge >= 0.3 is 0 Å². The number of benzene rings is 1. The van der Waals surface area contributed by atoms with Gasteiger partial charge in [0.1, 0.15) is 0 Å². The van der Waals surface area contributed by atoms with Crippen LogP contribution in [0.25, 0.3) is 0 Å². The maximum absolute atomic E-state index is 13.5. The lowest BCUT2D eigenvalue weighted by Gasteiger charge is -2.10. The predicted molar refractivity (Wildman–Crippen MR) is 50.8 cm³/mol. The van der Waals surface area contributed by atoms with Crippen LogP contribution >= 0.6 is 0 Å². The van der Waals surface area contributed by atoms with Gasteiger partial charge in [0.05, 0.1) is 5.69 Å². The molecule has 0 saturated heterocycles. The van der Waals surface area contributed by atoms with Gasteiger partial charge in [-0.3, -0.25) is 0 Å². The fourth-order valence-corrected chi connectivity index (χ4v) is 2.05. The Morgan fingerprint density at radius 2 is 2.23 bits per heavy atom. The van der Waals surface area contributed by atoms with E-state index in [0.717, 1.165) is 24.0 Å². The van der Waals surface area contributed by atoms with E-state index in [1.807, 2.05) is 6.92 Å². The van der Waals surface area contributed by atoms with Crippen molar-refractivity contribution in [3.8, 4) is 0 Å². The van der Waals surface area contributed by atoms with E-state index >= 15 is 0 Å². The highest BCUT2D eigenvalue weighted by Gasteiger charge is 2.25. The van der Waals surface area contributed by atoms with Crippen molar-refractivity contribution in [2.24, 2.45) is 5.73 Å². The van der Waals surface area contributed by atoms with E-state index in [2.05, 4.69) is 0 Å². The molecule has 1 aromatic rings. The van der Waals surface area contributed by atoms with Crippen molar-refractivity contribution in [3.63, 3.8) is 0 Å². The van der Waals surface area contributed by atoms with Gasteiger partial charge in [-0.2, -0.15) is 0 Å². The number of nitrogens with two attached hydrogens (primary N) is 2. The topological polar surface area (TPSA) is 52.0 Å². The van der Waals surface area contributed by atoms with Gasteiger partial charge in [-0.25, -0.2) is 4.39 Å². The molecule has 0 spiro atoms. The van der Waals surface area contributed by atoms with Crippen molar-refractivity contribution in [3.05, 3.63) is 28.6 Å². The Morgan fingerprint density at radius 3 is 2.92 bits per heavy atom. The van der Waals surface area contributed by atoms with E-state index in [1.54, 1.807) is 6.07 Å². The Kier molecular flexibility index (Phi) is 1.77. The molecule has 1 atom stereocenters. The van der Waals surface area contributed by atoms with Crippen molar-refractivity contribution in [2.75, 3.05) is 5.73 Å². The van der Waals surface area contributed by atoms with Gasteiger partial charge in [0, 0.05) is 11.6 Å². The van der Waals surface area contributed by atoms with E-state index in [9.17, 15) is 4.39 Å². The summed E-state index contributed by atoms with van der Waals surface area (Å²) in [5.74, 6) is -0.314. The number of anilines is 1. The van der Waals surface area contributed by atoms with Crippen LogP contribution in [0.15, 0.2) is 6.07 Å². The Bertz CT molecular complexity index is 360. The summed E-state index contributed by atoms with van der Waals surface area (Å²) in [6, 6.07) is 1.52. The van der Waals surface area contributed by atoms with Crippen LogP contribution in [0.4, 0.5) is 10.1 Å². The molecule has 0 amide bonds. The van der Waals surface area contributed by atoms with Crippen LogP contribution in [0.3, 0.4) is 0 Å². The number of aryl methyl sites for hydroxylation is 1. The zero-order valence-corrected chi connectivity index (χ0v) is 7.60. The fourth-order valence-electron chi connectivity index (χ4n) is 2.05. The van der Waals surface area contributed by atoms with Gasteiger partial charge in [-0.05, 0) is 37.0 Å². The number of nitrogen functional groups attached to an aromatic ring is 1. The van der Waals surface area contributed by atoms with Gasteiger partial charge in [0.15, 0.2) is 5.82 Å². The molecular formula is C10H13FN2. The molecular weight excluding hydrogens is 167 g/mol. The van der Waals surface area contributed by atoms with Gasteiger partial charge in [0.2, 0.25) is 0 Å². The lowest BCUT2D eigenvalue weighted by atomic mass is 10.0. The summed E-state index contributed by atoms with van der Waals surface area (Å²) in [5, 5.41) is 0. The largest absolute Gasteiger partial charge is 0.396 e. The Balaban J connectivity index is 2.70. The molecule has 0 saturated carbocycles. The lowest BCUT2D eigenvalue weighted by molar-refractivity contribution is 0.592. The smallest absolute Gasteiger partial charge is 0.151 e. The van der Waals surface area contributed by atoms with E-state index in [1.165, 1.54) is 0 Å². The summed E-state index contributed by atoms with van der Waals surface area (Å²) in [6.07, 6.45) is 1.70. The molecule has 0 aromatic heterocycles. The third-order valence-electron chi connectivity index (χ3n) is 2.74. The van der Waals surface area contributed by atoms with E-state index < -0.39 is 0 Å². The standard InChI is InChI=1S/C10H13FN2/c1-5-4-8(13)10(11)9-6(5)2-3-7(9)12/h4,7H,2-3,12-13H2,1H3. The quantitative estimate of drug-likeness (QED) is 0.596. The lowest BCUT2D eigenvalue weighted by Crippen LogP contribution is -2.09. The molecule has 0 fully saturated rings. The van der Waals surface area contributed by atoms with Crippen LogP contribution in [0, 0.1) is 12.7 Å². The van der Waals surface area contributed by atoms with Crippen LogP contribution < -0.4 is 11.5 Å². The fraction of sp³-hybridized carbons (Fsp3) is 0.400. The van der Waals surface area contributed by atoms with E-state index in [-0.39, 0.29) is 17.5 Å². The summed E-state index contributed by atoms with van der Waals surface area (Å²) in [6.45, 7) is 1.95. The second kappa shape index (κ2) is 2.70. The maximum Gasteiger partial charge on any atom is 0.151 e.